The van der Waals surface area contributed by atoms with Gasteiger partial charge in [0.15, 0.2) is 0 Å². The van der Waals surface area contributed by atoms with Gasteiger partial charge in [0.1, 0.15) is 0 Å². The predicted molar refractivity (Wildman–Crippen MR) is 18.5 cm³/mol. The van der Waals surface area contributed by atoms with Gasteiger partial charge in [-0.05, 0) is 0 Å². The van der Waals surface area contributed by atoms with E-state index >= 15 is 0 Å². The first-order valence-corrected chi connectivity index (χ1v) is 1.51. The molecule has 0 rings (SSSR count). The van der Waals surface area contributed by atoms with Crippen LogP contribution in [0.5, 0.6) is 0 Å². The summed E-state index contributed by atoms with van der Waals surface area (Å²) in [5.41, 5.74) is 0. The van der Waals surface area contributed by atoms with E-state index in [4.69, 9.17) is 20.4 Å². The summed E-state index contributed by atoms with van der Waals surface area (Å²) in [6, 6.07) is 0. The van der Waals surface area contributed by atoms with Crippen molar-refractivity contribution in [3.8, 4) is 0 Å². The predicted octanol–water partition coefficient (Wildman–Crippen LogP) is -1.73. The van der Waals surface area contributed by atoms with Crippen LogP contribution in [0.3, 0.4) is 0 Å². The van der Waals surface area contributed by atoms with E-state index < -0.39 is 12.3 Å². The van der Waals surface area contributed by atoms with Gasteiger partial charge in [-0.25, -0.2) is 4.79 Å². The van der Waals surface area contributed by atoms with Crippen LogP contribution in [-0.4, -0.2) is 32.7 Å². The summed E-state index contributed by atoms with van der Waals surface area (Å²) in [7, 11) is 0. The summed E-state index contributed by atoms with van der Waals surface area (Å²) < 4.78 is 3.02. The monoisotopic (exact) mass is 124 g/mol. The minimum absolute atomic E-state index is 1.97. The molecule has 0 bridgehead atoms. The SMILES string of the molecule is O=C(O)OC(O)(O)O. The Hall–Kier alpha value is -0.850. The van der Waals surface area contributed by atoms with Gasteiger partial charge in [-0.15, -0.1) is 0 Å². The molecule has 0 heterocycles. The van der Waals surface area contributed by atoms with Crippen LogP contribution in [0, 0.1) is 0 Å². The molecule has 0 radical (unpaired) electrons. The van der Waals surface area contributed by atoms with Crippen LogP contribution in [0.1, 0.15) is 0 Å². The first kappa shape index (κ1) is 7.15. The molecule has 0 aromatic rings. The molecule has 6 nitrogen and oxygen atoms in total. The van der Waals surface area contributed by atoms with E-state index in [-0.39, 0.29) is 0 Å². The molecule has 0 aliphatic rings. The Labute approximate surface area is 43.6 Å². The summed E-state index contributed by atoms with van der Waals surface area (Å²) in [6.45, 7) is 0. The topological polar surface area (TPSA) is 107 Å². The van der Waals surface area contributed by atoms with Crippen LogP contribution in [0.2, 0.25) is 0 Å². The Morgan fingerprint density at radius 1 is 1.38 bits per heavy atom. The van der Waals surface area contributed by atoms with Gasteiger partial charge < -0.3 is 25.2 Å². The number of carbonyl (C=O) groups is 1. The second-order valence-corrected chi connectivity index (χ2v) is 0.942. The number of hydrogen-bond acceptors (Lipinski definition) is 5. The summed E-state index contributed by atoms with van der Waals surface area (Å²) in [5, 5.41) is 30.6. The third-order valence-corrected chi connectivity index (χ3v) is 0.224. The highest BCUT2D eigenvalue weighted by Crippen LogP contribution is 1.93. The number of hydrogen-bond donors (Lipinski definition) is 4. The number of aliphatic hydroxyl groups is 3. The Balaban J connectivity index is 3.55. The van der Waals surface area contributed by atoms with E-state index in [9.17, 15) is 4.79 Å². The lowest BCUT2D eigenvalue weighted by Gasteiger charge is -2.09. The maximum Gasteiger partial charge on any atom is 0.511 e. The maximum atomic E-state index is 9.31. The van der Waals surface area contributed by atoms with Crippen LogP contribution >= 0.6 is 0 Å². The standard InChI is InChI=1S/C2H4O6/c3-1(4)8-2(5,6)7/h5-7H,(H,3,4). The highest BCUT2D eigenvalue weighted by atomic mass is 16.9. The molecule has 0 aliphatic carbocycles. The Morgan fingerprint density at radius 3 is 1.75 bits per heavy atom. The summed E-state index contributed by atoms with van der Waals surface area (Å²) in [6.07, 6.45) is -5.55. The molecule has 0 atom stereocenters. The van der Waals surface area contributed by atoms with Gasteiger partial charge in [0.25, 0.3) is 0 Å². The first-order chi connectivity index (χ1) is 3.42. The summed E-state index contributed by atoms with van der Waals surface area (Å²) >= 11 is 0. The lowest BCUT2D eigenvalue weighted by atomic mass is 11.1. The molecule has 4 N–H and O–H groups in total. The third-order valence-electron chi connectivity index (χ3n) is 0.224. The van der Waals surface area contributed by atoms with Crippen molar-refractivity contribution in [2.45, 2.75) is 6.16 Å². The van der Waals surface area contributed by atoms with E-state index in [1.54, 1.807) is 0 Å². The molecule has 48 valence electrons. The third kappa shape index (κ3) is 5.15. The molecule has 0 aromatic heterocycles. The van der Waals surface area contributed by atoms with Crippen LogP contribution in [0.15, 0.2) is 0 Å². The largest absolute Gasteiger partial charge is 0.511 e. The fourth-order valence-electron chi connectivity index (χ4n) is 0.117. The molecule has 0 spiro atoms. The molecule has 0 aliphatic heterocycles. The summed E-state index contributed by atoms with van der Waals surface area (Å²) in [4.78, 5) is 9.31. The Kier molecular flexibility index (Phi) is 1.74. The molecule has 6 heteroatoms. The number of ether oxygens (including phenoxy) is 1. The number of carboxylic acid groups (broad SMARTS) is 1. The Bertz CT molecular complexity index is 89.2. The van der Waals surface area contributed by atoms with Gasteiger partial charge in [0.05, 0.1) is 0 Å². The molecule has 8 heavy (non-hydrogen) atoms. The van der Waals surface area contributed by atoms with Crippen LogP contribution in [0.4, 0.5) is 4.79 Å². The maximum absolute atomic E-state index is 9.31. The normalized spacial score (nSPS) is 10.9. The zero-order valence-electron chi connectivity index (χ0n) is 3.61. The second kappa shape index (κ2) is 1.95. The van der Waals surface area contributed by atoms with Crippen molar-refractivity contribution in [3.05, 3.63) is 0 Å². The van der Waals surface area contributed by atoms with Crippen molar-refractivity contribution >= 4 is 6.16 Å². The lowest BCUT2D eigenvalue weighted by Crippen LogP contribution is -2.33. The van der Waals surface area contributed by atoms with Gasteiger partial charge in [0.2, 0.25) is 0 Å². The van der Waals surface area contributed by atoms with E-state index in [0.717, 1.165) is 0 Å². The minimum Gasteiger partial charge on any atom is -0.450 e. The molecule has 0 aromatic carbocycles. The van der Waals surface area contributed by atoms with Crippen molar-refractivity contribution in [1.82, 2.24) is 0 Å². The van der Waals surface area contributed by atoms with Gasteiger partial charge in [-0.2, -0.15) is 0 Å². The minimum atomic E-state index is -3.58. The van der Waals surface area contributed by atoms with E-state index in [1.165, 1.54) is 0 Å². The fraction of sp³-hybridized carbons (Fsp3) is 0.500. The quantitative estimate of drug-likeness (QED) is 0.244. The van der Waals surface area contributed by atoms with Gasteiger partial charge in [-0.3, -0.25) is 0 Å². The molecular weight excluding hydrogens is 120 g/mol. The van der Waals surface area contributed by atoms with Gasteiger partial charge in [0, 0.05) is 0 Å². The van der Waals surface area contributed by atoms with Crippen molar-refractivity contribution in [2.24, 2.45) is 0 Å². The van der Waals surface area contributed by atoms with E-state index in [0.29, 0.717) is 0 Å². The van der Waals surface area contributed by atoms with Crippen LogP contribution in [0.25, 0.3) is 0 Å². The molecule has 0 amide bonds. The zero-order valence-corrected chi connectivity index (χ0v) is 3.61. The highest BCUT2D eigenvalue weighted by molar-refractivity contribution is 5.56. The molecule has 0 fully saturated rings. The summed E-state index contributed by atoms with van der Waals surface area (Å²) in [5.74, 6) is 0. The number of rotatable bonds is 1. The van der Waals surface area contributed by atoms with Crippen LogP contribution < -0.4 is 0 Å². The van der Waals surface area contributed by atoms with Crippen molar-refractivity contribution in [2.75, 3.05) is 0 Å². The molecule has 0 unspecified atom stereocenters. The highest BCUT2D eigenvalue weighted by Gasteiger charge is 2.23. The van der Waals surface area contributed by atoms with Crippen LogP contribution in [-0.2, 0) is 4.74 Å². The molecule has 0 saturated carbocycles. The van der Waals surface area contributed by atoms with Crippen molar-refractivity contribution in [1.29, 1.82) is 0 Å². The lowest BCUT2D eigenvalue weighted by molar-refractivity contribution is -0.434. The second-order valence-electron chi connectivity index (χ2n) is 0.942. The first-order valence-electron chi connectivity index (χ1n) is 1.51. The van der Waals surface area contributed by atoms with E-state index in [2.05, 4.69) is 4.74 Å². The molecular formula is C2H4O6. The fourth-order valence-corrected chi connectivity index (χ4v) is 0.117. The van der Waals surface area contributed by atoms with Crippen molar-refractivity contribution < 1.29 is 30.0 Å². The van der Waals surface area contributed by atoms with Gasteiger partial charge in [-0.1, -0.05) is 0 Å². The average Bonchev–Trinajstić information content (AvgIpc) is 1.21. The molecule has 0 saturated heterocycles. The van der Waals surface area contributed by atoms with E-state index in [1.807, 2.05) is 0 Å². The smallest absolute Gasteiger partial charge is 0.450 e. The Morgan fingerprint density at radius 2 is 1.75 bits per heavy atom. The van der Waals surface area contributed by atoms with Crippen molar-refractivity contribution in [3.63, 3.8) is 0 Å². The average molecular weight is 124 g/mol. The van der Waals surface area contributed by atoms with Gasteiger partial charge >= 0.3 is 12.3 Å². The zero-order chi connectivity index (χ0) is 6.78.